The van der Waals surface area contributed by atoms with Gasteiger partial charge in [0.15, 0.2) is 5.58 Å². The van der Waals surface area contributed by atoms with E-state index in [4.69, 9.17) is 18.8 Å². The van der Waals surface area contributed by atoms with Crippen LogP contribution in [0.5, 0.6) is 0 Å². The number of oxazole rings is 2. The molecule has 6 heteroatoms. The van der Waals surface area contributed by atoms with Crippen LogP contribution in [0.15, 0.2) is 172 Å². The van der Waals surface area contributed by atoms with Crippen molar-refractivity contribution in [1.29, 1.82) is 0 Å². The Balaban J connectivity index is 0.954. The summed E-state index contributed by atoms with van der Waals surface area (Å²) in [7, 11) is 0. The van der Waals surface area contributed by atoms with Crippen LogP contribution in [0.25, 0.3) is 39.8 Å². The lowest BCUT2D eigenvalue weighted by molar-refractivity contribution is 0.515. The lowest BCUT2D eigenvalue weighted by Crippen LogP contribution is -2.46. The maximum absolute atomic E-state index is 6.34. The number of hydrogen-bond donors (Lipinski definition) is 0. The number of hydrogen-bond acceptors (Lipinski definition) is 6. The van der Waals surface area contributed by atoms with Gasteiger partial charge in [-0.1, -0.05) is 118 Å². The van der Waals surface area contributed by atoms with Gasteiger partial charge >= 0.3 is 0 Å². The SMILES string of the molecule is CC1C=CC=CC1N(c1cccc(-c2nc3c(o2)CCC=C3)c1)C1C=C2C(=CC1)c1ccc(N(c3ccccc3)C3C=C(c4nc5ccccc5o4)C=CC3)cc1C2(C)C. The fraction of sp³-hybridized carbons (Fsp3) is 0.222. The van der Waals surface area contributed by atoms with Crippen LogP contribution in [0.2, 0.25) is 0 Å². The third-order valence-corrected chi connectivity index (χ3v) is 13.1. The smallest absolute Gasteiger partial charge is 0.227 e. The highest BCUT2D eigenvalue weighted by Gasteiger charge is 2.42. The lowest BCUT2D eigenvalue weighted by atomic mass is 9.79. The molecular formula is C54H48N4O2. The number of aromatic nitrogens is 2. The second kappa shape index (κ2) is 14.6. The van der Waals surface area contributed by atoms with E-state index in [0.29, 0.717) is 17.7 Å². The average Bonchev–Trinajstić information content (AvgIpc) is 3.98. The summed E-state index contributed by atoms with van der Waals surface area (Å²) in [5, 5.41) is 0. The van der Waals surface area contributed by atoms with Crippen LogP contribution in [0.4, 0.5) is 17.1 Å². The standard InChI is InChI=1S/C54H48N4O2/c1-35-15-7-10-24-49(35)58(40-21-14-17-37(32-40)53-56-48-23-9-12-26-51(48)60-53)42-28-30-44-43-29-27-41(33-45(43)54(2,3)46(44)34-42)57(38-18-5-4-6-19-38)39-20-13-16-36(31-39)52-55-47-22-8-11-25-50(47)59-52/h4-11,13-19,21-25,27,29-35,39,42,49H,12,20,26,28H2,1-3H3. The first-order valence-corrected chi connectivity index (χ1v) is 21.5. The van der Waals surface area contributed by atoms with E-state index in [9.17, 15) is 0 Å². The molecule has 4 aromatic carbocycles. The van der Waals surface area contributed by atoms with Gasteiger partial charge in [0, 0.05) is 40.0 Å². The minimum Gasteiger partial charge on any atom is -0.441 e. The first kappa shape index (κ1) is 36.4. The number of aryl methyl sites for hydroxylation is 1. The number of nitrogens with zero attached hydrogens (tertiary/aromatic N) is 4. The van der Waals surface area contributed by atoms with E-state index in [-0.39, 0.29) is 23.5 Å². The van der Waals surface area contributed by atoms with Gasteiger partial charge in [0.25, 0.3) is 0 Å². The molecule has 296 valence electrons. The Morgan fingerprint density at radius 3 is 2.43 bits per heavy atom. The molecule has 4 unspecified atom stereocenters. The van der Waals surface area contributed by atoms with Gasteiger partial charge in [-0.15, -0.1) is 0 Å². The third kappa shape index (κ3) is 6.24. The zero-order valence-corrected chi connectivity index (χ0v) is 34.3. The quantitative estimate of drug-likeness (QED) is 0.153. The Bertz CT molecular complexity index is 2830. The molecule has 0 N–H and O–H groups in total. The van der Waals surface area contributed by atoms with Gasteiger partial charge in [-0.25, -0.2) is 9.97 Å². The van der Waals surface area contributed by atoms with Gasteiger partial charge < -0.3 is 18.6 Å². The van der Waals surface area contributed by atoms with Gasteiger partial charge in [0.2, 0.25) is 11.8 Å². The van der Waals surface area contributed by atoms with Crippen molar-refractivity contribution in [1.82, 2.24) is 9.97 Å². The van der Waals surface area contributed by atoms with E-state index in [0.717, 1.165) is 65.1 Å². The van der Waals surface area contributed by atoms with E-state index in [1.54, 1.807) is 0 Å². The van der Waals surface area contributed by atoms with Crippen LogP contribution < -0.4 is 9.80 Å². The Kier molecular flexibility index (Phi) is 8.84. The number of rotatable bonds is 8. The molecule has 0 amide bonds. The summed E-state index contributed by atoms with van der Waals surface area (Å²) in [5.74, 6) is 2.67. The van der Waals surface area contributed by atoms with Gasteiger partial charge in [0.05, 0.1) is 18.1 Å². The molecule has 0 aliphatic heterocycles. The highest BCUT2D eigenvalue weighted by atomic mass is 16.4. The molecule has 5 aliphatic carbocycles. The van der Waals surface area contributed by atoms with Crippen LogP contribution in [0.1, 0.15) is 68.5 Å². The molecule has 11 rings (SSSR count). The Morgan fingerprint density at radius 1 is 0.717 bits per heavy atom. The first-order chi connectivity index (χ1) is 29.4. The highest BCUT2D eigenvalue weighted by molar-refractivity contribution is 5.92. The van der Waals surface area contributed by atoms with Crippen molar-refractivity contribution in [3.05, 3.63) is 192 Å². The molecule has 0 spiro atoms. The van der Waals surface area contributed by atoms with E-state index >= 15 is 0 Å². The van der Waals surface area contributed by atoms with E-state index in [1.165, 1.54) is 33.6 Å². The number of para-hydroxylation sites is 3. The Morgan fingerprint density at radius 2 is 1.57 bits per heavy atom. The van der Waals surface area contributed by atoms with Gasteiger partial charge in [-0.05, 0) is 114 Å². The molecule has 0 bridgehead atoms. The van der Waals surface area contributed by atoms with Crippen molar-refractivity contribution in [3.63, 3.8) is 0 Å². The van der Waals surface area contributed by atoms with Crippen molar-refractivity contribution in [2.45, 2.75) is 70.0 Å². The maximum atomic E-state index is 6.34. The molecule has 0 fully saturated rings. The second-order valence-corrected chi connectivity index (χ2v) is 17.2. The molecule has 6 nitrogen and oxygen atoms in total. The minimum atomic E-state index is -0.212. The van der Waals surface area contributed by atoms with E-state index in [1.807, 2.05) is 24.3 Å². The van der Waals surface area contributed by atoms with Crippen LogP contribution in [-0.2, 0) is 11.8 Å². The van der Waals surface area contributed by atoms with Gasteiger partial charge in [-0.2, -0.15) is 0 Å². The predicted octanol–water partition coefficient (Wildman–Crippen LogP) is 13.0. The molecule has 0 saturated carbocycles. The topological polar surface area (TPSA) is 58.5 Å². The summed E-state index contributed by atoms with van der Waals surface area (Å²) in [4.78, 5) is 14.9. The molecule has 4 atom stereocenters. The monoisotopic (exact) mass is 784 g/mol. The van der Waals surface area contributed by atoms with E-state index in [2.05, 4.69) is 170 Å². The molecule has 5 aliphatic rings. The summed E-state index contributed by atoms with van der Waals surface area (Å²) in [6, 6.07) is 35.1. The van der Waals surface area contributed by atoms with Crippen LogP contribution in [0.3, 0.4) is 0 Å². The zero-order valence-electron chi connectivity index (χ0n) is 34.3. The molecule has 0 saturated heterocycles. The molecule has 60 heavy (non-hydrogen) atoms. The van der Waals surface area contributed by atoms with Crippen LogP contribution >= 0.6 is 0 Å². The summed E-state index contributed by atoms with van der Waals surface area (Å²) in [5.41, 5.74) is 13.4. The number of benzene rings is 4. The third-order valence-electron chi connectivity index (χ3n) is 13.1. The zero-order chi connectivity index (χ0) is 40.4. The Hall–Kier alpha value is -6.66. The fourth-order valence-corrected chi connectivity index (χ4v) is 10.0. The van der Waals surface area contributed by atoms with Gasteiger partial charge in [0.1, 0.15) is 17.0 Å². The molecule has 6 aromatic rings. The van der Waals surface area contributed by atoms with Crippen molar-refractivity contribution in [2.24, 2.45) is 5.92 Å². The van der Waals surface area contributed by atoms with Crippen molar-refractivity contribution in [3.8, 4) is 11.5 Å². The van der Waals surface area contributed by atoms with Crippen molar-refractivity contribution in [2.75, 3.05) is 9.80 Å². The maximum Gasteiger partial charge on any atom is 0.227 e. The average molecular weight is 785 g/mol. The first-order valence-electron chi connectivity index (χ1n) is 21.5. The number of allylic oxidation sites excluding steroid dienone is 7. The predicted molar refractivity (Wildman–Crippen MR) is 245 cm³/mol. The summed E-state index contributed by atoms with van der Waals surface area (Å²) >= 11 is 0. The van der Waals surface area contributed by atoms with Crippen LogP contribution in [0, 0.1) is 5.92 Å². The molecule has 2 aromatic heterocycles. The highest BCUT2D eigenvalue weighted by Crippen LogP contribution is 2.53. The molecule has 2 heterocycles. The normalized spacial score (nSPS) is 22.1. The molecule has 0 radical (unpaired) electrons. The summed E-state index contributed by atoms with van der Waals surface area (Å²) in [6.45, 7) is 7.14. The number of fused-ring (bicyclic) bond motifs is 5. The molecular weight excluding hydrogens is 737 g/mol. The second-order valence-electron chi connectivity index (χ2n) is 17.2. The van der Waals surface area contributed by atoms with Gasteiger partial charge in [-0.3, -0.25) is 0 Å². The van der Waals surface area contributed by atoms with Crippen LogP contribution in [-0.4, -0.2) is 28.1 Å². The largest absolute Gasteiger partial charge is 0.441 e. The fourth-order valence-electron chi connectivity index (χ4n) is 10.0. The Labute approximate surface area is 352 Å². The summed E-state index contributed by atoms with van der Waals surface area (Å²) < 4.78 is 12.6. The van der Waals surface area contributed by atoms with Crippen molar-refractivity contribution < 1.29 is 8.83 Å². The summed E-state index contributed by atoms with van der Waals surface area (Å²) in [6.07, 6.45) is 28.8. The minimum absolute atomic E-state index is 0.0669. The number of anilines is 3. The lowest BCUT2D eigenvalue weighted by Gasteiger charge is -2.42. The van der Waals surface area contributed by atoms with Crippen molar-refractivity contribution >= 4 is 45.4 Å². The van der Waals surface area contributed by atoms with E-state index < -0.39 is 0 Å².